The van der Waals surface area contributed by atoms with E-state index in [2.05, 4.69) is 36.8 Å². The SMILES string of the molecule is Cl.Fc1ccc(-c2cncc(CN3CCN(c4cccc5c4OCCO5)CC3)c2)cc1.[O-][N+]1(Cc2cncc(-c3ccc(F)cc3)c2)CCN(c2cccc3c2OCCO3)CC1. The summed E-state index contributed by atoms with van der Waals surface area (Å²) >= 11 is 0. The number of hydrogen-bond donors (Lipinski definition) is 0. The molecule has 2 aromatic heterocycles. The molecule has 4 aliphatic heterocycles. The lowest BCUT2D eigenvalue weighted by atomic mass is 10.1. The van der Waals surface area contributed by atoms with Crippen LogP contribution in [0.1, 0.15) is 11.1 Å². The van der Waals surface area contributed by atoms with Crippen molar-refractivity contribution in [1.29, 1.82) is 0 Å². The Balaban J connectivity index is 0.000000168. The maximum atomic E-state index is 13.4. The van der Waals surface area contributed by atoms with E-state index in [0.717, 1.165) is 94.9 Å². The number of anilines is 2. The smallest absolute Gasteiger partial charge is 0.184 e. The van der Waals surface area contributed by atoms with Crippen molar-refractivity contribution in [2.75, 3.05) is 88.6 Å². The van der Waals surface area contributed by atoms with Crippen LogP contribution < -0.4 is 28.7 Å². The first-order chi connectivity index (χ1) is 29.9. The number of rotatable bonds is 8. The predicted molar refractivity (Wildman–Crippen MR) is 238 cm³/mol. The molecular weight excluding hydrogens is 814 g/mol. The first-order valence-corrected chi connectivity index (χ1v) is 20.8. The topological polar surface area (TPSA) is 95.5 Å². The van der Waals surface area contributed by atoms with E-state index in [-0.39, 0.29) is 28.7 Å². The molecule has 0 atom stereocenters. The Morgan fingerprint density at radius 1 is 0.532 bits per heavy atom. The third-order valence-corrected chi connectivity index (χ3v) is 11.5. The maximum Gasteiger partial charge on any atom is 0.184 e. The Morgan fingerprint density at radius 2 is 1.00 bits per heavy atom. The standard InChI is InChI=1S/C24H24FN3O3.C24H24FN3O2.ClH/c25-21-6-4-19(5-7-21)20-14-18(15-26-16-20)17-28(29)10-8-27(9-11-28)22-2-1-3-23-24(22)31-13-12-30-23;25-21-6-4-19(5-7-21)20-14-18(15-26-16-20)17-27-8-10-28(11-9-27)22-2-1-3-23-24(22)30-13-12-29-23;/h1-7,14-16H,8-13,17H2;1-7,14-16H,8-13,17H2;1H. The number of para-hydroxylation sites is 2. The highest BCUT2D eigenvalue weighted by molar-refractivity contribution is 5.85. The van der Waals surface area contributed by atoms with Crippen molar-refractivity contribution in [2.24, 2.45) is 0 Å². The minimum atomic E-state index is -0.294. The lowest BCUT2D eigenvalue weighted by Gasteiger charge is -2.49. The van der Waals surface area contributed by atoms with E-state index < -0.39 is 0 Å². The lowest BCUT2D eigenvalue weighted by Crippen LogP contribution is -2.55. The fraction of sp³-hybridized carbons (Fsp3) is 0.292. The molecule has 14 heteroatoms. The molecule has 6 aromatic rings. The predicted octanol–water partition coefficient (Wildman–Crippen LogP) is 8.40. The number of benzene rings is 4. The number of fused-ring (bicyclic) bond motifs is 2. The van der Waals surface area contributed by atoms with Crippen molar-refractivity contribution < 1.29 is 32.4 Å². The second-order valence-electron chi connectivity index (χ2n) is 15.7. The minimum Gasteiger partial charge on any atom is -0.632 e. The average Bonchev–Trinajstić information content (AvgIpc) is 3.30. The summed E-state index contributed by atoms with van der Waals surface area (Å²) in [5.41, 5.74) is 7.92. The fourth-order valence-corrected chi connectivity index (χ4v) is 8.33. The van der Waals surface area contributed by atoms with E-state index in [4.69, 9.17) is 18.9 Å². The van der Waals surface area contributed by atoms with E-state index in [9.17, 15) is 14.0 Å². The zero-order valence-electron chi connectivity index (χ0n) is 34.3. The van der Waals surface area contributed by atoms with Gasteiger partial charge in [0, 0.05) is 74.2 Å². The second kappa shape index (κ2) is 19.4. The average molecular weight is 863 g/mol. The van der Waals surface area contributed by atoms with E-state index in [1.165, 1.54) is 29.8 Å². The van der Waals surface area contributed by atoms with Gasteiger partial charge in [0.25, 0.3) is 0 Å². The number of quaternary nitrogens is 1. The lowest BCUT2D eigenvalue weighted by molar-refractivity contribution is -0.894. The van der Waals surface area contributed by atoms with Crippen molar-refractivity contribution >= 4 is 23.8 Å². The number of aromatic nitrogens is 2. The molecular formula is C48H49ClF2N6O5. The Hall–Kier alpha value is -5.99. The molecule has 0 N–H and O–H groups in total. The van der Waals surface area contributed by atoms with E-state index in [1.807, 2.05) is 48.8 Å². The highest BCUT2D eigenvalue weighted by Crippen LogP contribution is 2.41. The van der Waals surface area contributed by atoms with E-state index in [0.29, 0.717) is 59.2 Å². The first-order valence-electron chi connectivity index (χ1n) is 20.8. The van der Waals surface area contributed by atoms with Crippen molar-refractivity contribution in [2.45, 2.75) is 13.1 Å². The number of hydroxylamine groups is 3. The van der Waals surface area contributed by atoms with Gasteiger partial charge in [-0.15, -0.1) is 12.4 Å². The van der Waals surface area contributed by atoms with Crippen molar-refractivity contribution in [3.8, 4) is 45.3 Å². The summed E-state index contributed by atoms with van der Waals surface area (Å²) in [4.78, 5) is 15.7. The molecule has 4 aromatic carbocycles. The van der Waals surface area contributed by atoms with E-state index >= 15 is 0 Å². The molecule has 0 bridgehead atoms. The molecule has 0 amide bonds. The number of pyridine rings is 2. The van der Waals surface area contributed by atoms with Gasteiger partial charge in [0.1, 0.15) is 44.6 Å². The molecule has 0 spiro atoms. The van der Waals surface area contributed by atoms with Crippen LogP contribution in [-0.2, 0) is 13.1 Å². The van der Waals surface area contributed by atoms with Gasteiger partial charge >= 0.3 is 0 Å². The van der Waals surface area contributed by atoms with Crippen LogP contribution >= 0.6 is 12.4 Å². The van der Waals surface area contributed by atoms with Gasteiger partial charge in [0.15, 0.2) is 23.0 Å². The van der Waals surface area contributed by atoms with Gasteiger partial charge in [-0.1, -0.05) is 36.4 Å². The summed E-state index contributed by atoms with van der Waals surface area (Å²) in [5, 5.41) is 13.4. The zero-order valence-corrected chi connectivity index (χ0v) is 35.2. The maximum absolute atomic E-state index is 13.4. The third kappa shape index (κ3) is 10.0. The van der Waals surface area contributed by atoms with Crippen LogP contribution in [0.3, 0.4) is 0 Å². The summed E-state index contributed by atoms with van der Waals surface area (Å²) in [6.07, 6.45) is 7.23. The monoisotopic (exact) mass is 862 g/mol. The number of hydrogen-bond acceptors (Lipinski definition) is 10. The van der Waals surface area contributed by atoms with Gasteiger partial charge in [0.2, 0.25) is 0 Å². The largest absolute Gasteiger partial charge is 0.632 e. The summed E-state index contributed by atoms with van der Waals surface area (Å²) < 4.78 is 49.2. The molecule has 0 radical (unpaired) electrons. The Morgan fingerprint density at radius 3 is 1.53 bits per heavy atom. The molecule has 4 aliphatic rings. The number of piperazine rings is 2. The Labute approximate surface area is 366 Å². The van der Waals surface area contributed by atoms with E-state index in [1.54, 1.807) is 36.7 Å². The second-order valence-corrected chi connectivity index (χ2v) is 15.7. The summed E-state index contributed by atoms with van der Waals surface area (Å²) in [5.74, 6) is 2.75. The molecule has 6 heterocycles. The van der Waals surface area contributed by atoms with Crippen LogP contribution in [0.15, 0.2) is 122 Å². The number of halogens is 3. The Kier molecular flexibility index (Phi) is 13.3. The summed E-state index contributed by atoms with van der Waals surface area (Å²) in [6.45, 7) is 9.56. The third-order valence-electron chi connectivity index (χ3n) is 11.5. The van der Waals surface area contributed by atoms with Crippen molar-refractivity contribution in [1.82, 2.24) is 14.9 Å². The van der Waals surface area contributed by atoms with Crippen LogP contribution in [0.4, 0.5) is 20.2 Å². The number of ether oxygens (including phenoxy) is 4. The molecule has 322 valence electrons. The molecule has 11 nitrogen and oxygen atoms in total. The van der Waals surface area contributed by atoms with Crippen LogP contribution in [0.2, 0.25) is 0 Å². The van der Waals surface area contributed by atoms with Gasteiger partial charge in [-0.25, -0.2) is 8.78 Å². The van der Waals surface area contributed by atoms with Gasteiger partial charge in [-0.05, 0) is 77.4 Å². The number of nitrogens with zero attached hydrogens (tertiary/aromatic N) is 6. The molecule has 2 saturated heterocycles. The molecule has 0 unspecified atom stereocenters. The minimum absolute atomic E-state index is 0. The van der Waals surface area contributed by atoms with Crippen molar-refractivity contribution in [3.05, 3.63) is 150 Å². The fourth-order valence-electron chi connectivity index (χ4n) is 8.33. The van der Waals surface area contributed by atoms with Crippen LogP contribution in [0.25, 0.3) is 22.3 Å². The summed E-state index contributed by atoms with van der Waals surface area (Å²) in [7, 11) is 0. The highest BCUT2D eigenvalue weighted by Gasteiger charge is 2.29. The molecule has 0 saturated carbocycles. The quantitative estimate of drug-likeness (QED) is 0.110. The Bertz CT molecular complexity index is 2430. The van der Waals surface area contributed by atoms with Crippen molar-refractivity contribution in [3.63, 3.8) is 0 Å². The van der Waals surface area contributed by atoms with Crippen LogP contribution in [-0.4, -0.2) is 98.3 Å². The molecule has 2 fully saturated rings. The molecule has 62 heavy (non-hydrogen) atoms. The van der Waals surface area contributed by atoms with Gasteiger partial charge < -0.3 is 38.6 Å². The van der Waals surface area contributed by atoms with Gasteiger partial charge in [-0.2, -0.15) is 0 Å². The highest BCUT2D eigenvalue weighted by atomic mass is 35.5. The molecule has 10 rings (SSSR count). The normalized spacial score (nSPS) is 16.7. The molecule has 0 aliphatic carbocycles. The van der Waals surface area contributed by atoms with Crippen LogP contribution in [0.5, 0.6) is 23.0 Å². The van der Waals surface area contributed by atoms with Gasteiger partial charge in [0.05, 0.1) is 37.6 Å². The first kappa shape index (κ1) is 42.7. The summed E-state index contributed by atoms with van der Waals surface area (Å²) in [6, 6.07) is 29.0. The van der Waals surface area contributed by atoms with Crippen LogP contribution in [0, 0.1) is 16.8 Å². The zero-order chi connectivity index (χ0) is 41.6. The van der Waals surface area contributed by atoms with Gasteiger partial charge in [-0.3, -0.25) is 14.9 Å².